The highest BCUT2D eigenvalue weighted by molar-refractivity contribution is 6.39. The Bertz CT molecular complexity index is 862. The first-order valence-electron chi connectivity index (χ1n) is 10.0. The van der Waals surface area contributed by atoms with Gasteiger partial charge in [-0.2, -0.15) is 0 Å². The molecule has 0 aromatic heterocycles. The van der Waals surface area contributed by atoms with Gasteiger partial charge in [-0.15, -0.1) is 0 Å². The van der Waals surface area contributed by atoms with Crippen molar-refractivity contribution in [3.05, 3.63) is 62.6 Å². The van der Waals surface area contributed by atoms with Crippen LogP contribution in [0.1, 0.15) is 42.0 Å². The number of halogens is 2. The van der Waals surface area contributed by atoms with Crippen LogP contribution in [0, 0.1) is 6.92 Å². The van der Waals surface area contributed by atoms with Crippen LogP contribution >= 0.6 is 23.2 Å². The summed E-state index contributed by atoms with van der Waals surface area (Å²) in [7, 11) is 0. The number of β-amino-alcohol motifs (C(OH)–C–C–N with tert-alkyl or cyclic N) is 1. The molecule has 2 fully saturated rings. The Morgan fingerprint density at radius 3 is 2.36 bits per heavy atom. The molecule has 3 nitrogen and oxygen atoms in total. The number of aryl methyl sites for hydroxylation is 2. The third-order valence-corrected chi connectivity index (χ3v) is 6.70. The Morgan fingerprint density at radius 1 is 1.14 bits per heavy atom. The smallest absolute Gasteiger partial charge is 0.0872 e. The highest BCUT2D eigenvalue weighted by atomic mass is 35.5. The van der Waals surface area contributed by atoms with E-state index in [2.05, 4.69) is 35.8 Å². The summed E-state index contributed by atoms with van der Waals surface area (Å²) in [6.07, 6.45) is 1.03. The first-order chi connectivity index (χ1) is 13.3. The number of para-hydroxylation sites is 1. The average molecular weight is 419 g/mol. The second kappa shape index (κ2) is 7.53. The summed E-state index contributed by atoms with van der Waals surface area (Å²) in [6, 6.07) is 10.4. The molecule has 2 aliphatic rings. The molecule has 0 unspecified atom stereocenters. The van der Waals surface area contributed by atoms with Crippen LogP contribution in [0.2, 0.25) is 10.0 Å². The van der Waals surface area contributed by atoms with Crippen molar-refractivity contribution >= 4 is 28.9 Å². The maximum Gasteiger partial charge on any atom is 0.0872 e. The van der Waals surface area contributed by atoms with E-state index in [4.69, 9.17) is 23.2 Å². The van der Waals surface area contributed by atoms with Gasteiger partial charge in [-0.1, -0.05) is 48.3 Å². The summed E-state index contributed by atoms with van der Waals surface area (Å²) in [5.74, 6) is 0.509. The third-order valence-electron chi connectivity index (χ3n) is 6.09. The largest absolute Gasteiger partial charge is 0.388 e. The van der Waals surface area contributed by atoms with Crippen molar-refractivity contribution in [3.8, 4) is 0 Å². The van der Waals surface area contributed by atoms with Gasteiger partial charge in [0, 0.05) is 38.6 Å². The zero-order valence-electron chi connectivity index (χ0n) is 16.8. The minimum atomic E-state index is -0.518. The minimum Gasteiger partial charge on any atom is -0.388 e. The molecule has 5 heteroatoms. The number of hydrogen-bond acceptors (Lipinski definition) is 3. The molecule has 0 saturated carbocycles. The third kappa shape index (κ3) is 3.78. The second-order valence-electron chi connectivity index (χ2n) is 8.64. The molecule has 1 N–H and O–H groups in total. The number of rotatable bonds is 5. The highest BCUT2D eigenvalue weighted by Gasteiger charge is 2.37. The Kier molecular flexibility index (Phi) is 5.39. The van der Waals surface area contributed by atoms with Gasteiger partial charge in [0.15, 0.2) is 0 Å². The van der Waals surface area contributed by atoms with E-state index >= 15 is 0 Å². The van der Waals surface area contributed by atoms with Crippen LogP contribution in [0.4, 0.5) is 5.69 Å². The van der Waals surface area contributed by atoms with E-state index in [1.54, 1.807) is 0 Å². The van der Waals surface area contributed by atoms with Crippen LogP contribution in [-0.2, 0) is 13.0 Å². The summed E-state index contributed by atoms with van der Waals surface area (Å²) in [6.45, 7) is 10.7. The summed E-state index contributed by atoms with van der Waals surface area (Å²) in [5.41, 5.74) is 6.05. The van der Waals surface area contributed by atoms with Gasteiger partial charge in [0.25, 0.3) is 0 Å². The fourth-order valence-corrected chi connectivity index (χ4v) is 5.25. The summed E-state index contributed by atoms with van der Waals surface area (Å²) < 4.78 is 0. The van der Waals surface area contributed by atoms with Crippen LogP contribution < -0.4 is 4.90 Å². The number of hydrogen-bond donors (Lipinski definition) is 1. The van der Waals surface area contributed by atoms with Crippen molar-refractivity contribution in [3.63, 3.8) is 0 Å². The number of anilines is 1. The minimum absolute atomic E-state index is 0.509. The van der Waals surface area contributed by atoms with Gasteiger partial charge in [-0.25, -0.2) is 0 Å². The van der Waals surface area contributed by atoms with E-state index in [0.717, 1.165) is 54.9 Å². The van der Waals surface area contributed by atoms with Gasteiger partial charge in [0.05, 0.1) is 21.3 Å². The van der Waals surface area contributed by atoms with Crippen LogP contribution in [-0.4, -0.2) is 41.8 Å². The molecule has 0 radical (unpaired) electrons. The molecule has 150 valence electrons. The first kappa shape index (κ1) is 20.0. The summed E-state index contributed by atoms with van der Waals surface area (Å²) >= 11 is 12.7. The zero-order valence-corrected chi connectivity index (χ0v) is 18.3. The van der Waals surface area contributed by atoms with Gasteiger partial charge in [0.2, 0.25) is 0 Å². The van der Waals surface area contributed by atoms with Crippen LogP contribution in [0.5, 0.6) is 0 Å². The molecule has 0 aliphatic carbocycles. The molecule has 0 spiro atoms. The topological polar surface area (TPSA) is 26.7 Å². The van der Waals surface area contributed by atoms with Gasteiger partial charge in [0.1, 0.15) is 0 Å². The van der Waals surface area contributed by atoms with E-state index < -0.39 is 5.60 Å². The van der Waals surface area contributed by atoms with Gasteiger partial charge >= 0.3 is 0 Å². The summed E-state index contributed by atoms with van der Waals surface area (Å²) in [4.78, 5) is 4.60. The Labute approximate surface area is 177 Å². The molecule has 4 rings (SSSR count). The van der Waals surface area contributed by atoms with Gasteiger partial charge in [-0.05, 0) is 54.7 Å². The van der Waals surface area contributed by atoms with Crippen molar-refractivity contribution in [2.24, 2.45) is 0 Å². The van der Waals surface area contributed by atoms with E-state index in [-0.39, 0.29) is 0 Å². The average Bonchev–Trinajstić information content (AvgIpc) is 2.56. The van der Waals surface area contributed by atoms with Crippen LogP contribution in [0.3, 0.4) is 0 Å². The number of likely N-dealkylation sites (tertiary alicyclic amines) is 1. The van der Waals surface area contributed by atoms with E-state index in [0.29, 0.717) is 5.92 Å². The monoisotopic (exact) mass is 418 g/mol. The molecule has 0 amide bonds. The Hall–Kier alpha value is -1.26. The fraction of sp³-hybridized carbons (Fsp3) is 0.478. The molecular formula is C23H28Cl2N2O. The zero-order chi connectivity index (χ0) is 20.1. The maximum atomic E-state index is 10.0. The predicted octanol–water partition coefficient (Wildman–Crippen LogP) is 5.03. The molecule has 2 aliphatic heterocycles. The number of benzene rings is 2. The predicted molar refractivity (Wildman–Crippen MR) is 118 cm³/mol. The fourth-order valence-electron chi connectivity index (χ4n) is 4.61. The van der Waals surface area contributed by atoms with Crippen molar-refractivity contribution in [2.75, 3.05) is 31.1 Å². The van der Waals surface area contributed by atoms with E-state index in [1.165, 1.54) is 22.3 Å². The number of nitrogens with zero attached hydrogens (tertiary/aromatic N) is 2. The lowest BCUT2D eigenvalue weighted by Gasteiger charge is -2.45. The molecule has 2 saturated heterocycles. The van der Waals surface area contributed by atoms with Crippen LogP contribution in [0.15, 0.2) is 30.3 Å². The van der Waals surface area contributed by atoms with Crippen molar-refractivity contribution in [1.29, 1.82) is 0 Å². The number of aliphatic hydroxyl groups is 1. The first-order valence-corrected chi connectivity index (χ1v) is 10.8. The van der Waals surface area contributed by atoms with E-state index in [1.807, 2.05) is 25.1 Å². The molecule has 2 aromatic rings. The van der Waals surface area contributed by atoms with Crippen molar-refractivity contribution < 1.29 is 5.11 Å². The quantitative estimate of drug-likeness (QED) is 0.736. The molecular weight excluding hydrogens is 391 g/mol. The normalized spacial score (nSPS) is 19.4. The van der Waals surface area contributed by atoms with Crippen molar-refractivity contribution in [2.45, 2.75) is 45.3 Å². The Balaban J connectivity index is 1.49. The molecule has 2 heterocycles. The molecule has 2 aromatic carbocycles. The standard InChI is InChI=1S/C23H28Cl2N2O/c1-4-16-9-17(8-15(2)19(16)12-26-13-23(3,28)14-26)18-10-27(11-18)22-20(24)6-5-7-21(22)25/h5-9,18,28H,4,10-14H2,1-3H3. The SMILES string of the molecule is CCc1cc(C2CN(c3c(Cl)cccc3Cl)C2)cc(C)c1CN1CC(C)(O)C1. The van der Waals surface area contributed by atoms with Crippen molar-refractivity contribution in [1.82, 2.24) is 4.90 Å². The Morgan fingerprint density at radius 2 is 1.79 bits per heavy atom. The maximum absolute atomic E-state index is 10.0. The lowest BCUT2D eigenvalue weighted by molar-refractivity contribution is -0.0872. The summed E-state index contributed by atoms with van der Waals surface area (Å²) in [5, 5.41) is 11.4. The van der Waals surface area contributed by atoms with Gasteiger partial charge < -0.3 is 10.0 Å². The van der Waals surface area contributed by atoms with Gasteiger partial charge in [-0.3, -0.25) is 4.90 Å². The molecule has 0 bridgehead atoms. The molecule has 28 heavy (non-hydrogen) atoms. The lowest BCUT2D eigenvalue weighted by Crippen LogP contribution is -2.59. The highest BCUT2D eigenvalue weighted by Crippen LogP contribution is 2.40. The lowest BCUT2D eigenvalue weighted by atomic mass is 9.85. The molecule has 0 atom stereocenters. The van der Waals surface area contributed by atoms with Crippen LogP contribution in [0.25, 0.3) is 0 Å². The second-order valence-corrected chi connectivity index (χ2v) is 9.46. The van der Waals surface area contributed by atoms with E-state index in [9.17, 15) is 5.11 Å².